The quantitative estimate of drug-likeness (QED) is 0.849. The van der Waals surface area contributed by atoms with Gasteiger partial charge in [0, 0.05) is 19.0 Å². The molecule has 1 aromatic carbocycles. The lowest BCUT2D eigenvalue weighted by Crippen LogP contribution is -2.38. The summed E-state index contributed by atoms with van der Waals surface area (Å²) >= 11 is 5.06. The van der Waals surface area contributed by atoms with Gasteiger partial charge in [0.25, 0.3) is 0 Å². The molecule has 98 valence electrons. The van der Waals surface area contributed by atoms with E-state index in [2.05, 4.69) is 17.9 Å². The fraction of sp³-hybridized carbons (Fsp3) is 0.500. The second kappa shape index (κ2) is 6.05. The van der Waals surface area contributed by atoms with Crippen LogP contribution in [0.5, 0.6) is 5.75 Å². The minimum atomic E-state index is 0.366. The molecule has 0 fully saturated rings. The zero-order valence-corrected chi connectivity index (χ0v) is 11.6. The zero-order valence-electron chi connectivity index (χ0n) is 10.8. The van der Waals surface area contributed by atoms with E-state index in [-0.39, 0.29) is 0 Å². The molecule has 1 aliphatic heterocycles. The van der Waals surface area contributed by atoms with E-state index in [0.717, 1.165) is 43.9 Å². The van der Waals surface area contributed by atoms with Gasteiger partial charge in [-0.05, 0) is 25.0 Å². The predicted molar refractivity (Wildman–Crippen MR) is 79.4 cm³/mol. The lowest BCUT2D eigenvalue weighted by molar-refractivity contribution is 0.322. The highest BCUT2D eigenvalue weighted by molar-refractivity contribution is 7.80. The lowest BCUT2D eigenvalue weighted by atomic mass is 10.1. The maximum absolute atomic E-state index is 5.77. The van der Waals surface area contributed by atoms with Gasteiger partial charge in [-0.25, -0.2) is 0 Å². The van der Waals surface area contributed by atoms with Gasteiger partial charge in [0.15, 0.2) is 0 Å². The predicted octanol–water partition coefficient (Wildman–Crippen LogP) is 2.73. The highest BCUT2D eigenvalue weighted by atomic mass is 32.1. The molecule has 0 aliphatic carbocycles. The molecule has 1 aliphatic rings. The Kier molecular flexibility index (Phi) is 4.42. The topological polar surface area (TPSA) is 38.5 Å². The molecule has 0 radical (unpaired) electrons. The Morgan fingerprint density at radius 2 is 2.28 bits per heavy atom. The molecule has 2 rings (SSSR count). The van der Waals surface area contributed by atoms with Crippen LogP contribution in [-0.2, 0) is 0 Å². The third-order valence-corrected chi connectivity index (χ3v) is 3.49. The number of benzene rings is 1. The molecule has 2 N–H and O–H groups in total. The number of fused-ring (bicyclic) bond motifs is 1. The van der Waals surface area contributed by atoms with Crippen molar-refractivity contribution in [2.75, 3.05) is 18.1 Å². The first-order chi connectivity index (χ1) is 8.72. The van der Waals surface area contributed by atoms with Gasteiger partial charge in [0.1, 0.15) is 5.75 Å². The van der Waals surface area contributed by atoms with Crippen LogP contribution in [0.2, 0.25) is 0 Å². The minimum absolute atomic E-state index is 0.366. The molecule has 0 bridgehead atoms. The van der Waals surface area contributed by atoms with Gasteiger partial charge in [0.05, 0.1) is 17.3 Å². The molecule has 1 atom stereocenters. The van der Waals surface area contributed by atoms with Gasteiger partial charge in [-0.2, -0.15) is 0 Å². The Hall–Kier alpha value is -1.29. The molecule has 1 aromatic rings. The molecule has 4 heteroatoms. The van der Waals surface area contributed by atoms with Crippen molar-refractivity contribution < 1.29 is 4.74 Å². The van der Waals surface area contributed by atoms with Crippen molar-refractivity contribution in [3.63, 3.8) is 0 Å². The smallest absolute Gasteiger partial charge is 0.142 e. The largest absolute Gasteiger partial charge is 0.491 e. The second-order valence-electron chi connectivity index (χ2n) is 4.60. The van der Waals surface area contributed by atoms with Gasteiger partial charge >= 0.3 is 0 Å². The summed E-state index contributed by atoms with van der Waals surface area (Å²) in [5.74, 6) is 0.969. The summed E-state index contributed by atoms with van der Waals surface area (Å²) in [7, 11) is 0. The molecule has 3 nitrogen and oxygen atoms in total. The van der Waals surface area contributed by atoms with E-state index in [1.165, 1.54) is 0 Å². The Labute approximate surface area is 114 Å². The Morgan fingerprint density at radius 1 is 1.50 bits per heavy atom. The maximum atomic E-state index is 5.77. The fourth-order valence-electron chi connectivity index (χ4n) is 2.44. The Balaban J connectivity index is 2.28. The molecule has 18 heavy (non-hydrogen) atoms. The maximum Gasteiger partial charge on any atom is 0.142 e. The van der Waals surface area contributed by atoms with Gasteiger partial charge in [0.2, 0.25) is 0 Å². The first-order valence-corrected chi connectivity index (χ1v) is 6.90. The van der Waals surface area contributed by atoms with Gasteiger partial charge < -0.3 is 15.4 Å². The van der Waals surface area contributed by atoms with Crippen molar-refractivity contribution in [1.29, 1.82) is 0 Å². The van der Waals surface area contributed by atoms with Crippen LogP contribution in [0, 0.1) is 0 Å². The van der Waals surface area contributed by atoms with Crippen molar-refractivity contribution in [2.24, 2.45) is 5.73 Å². The van der Waals surface area contributed by atoms with E-state index in [9.17, 15) is 0 Å². The van der Waals surface area contributed by atoms with Crippen molar-refractivity contribution >= 4 is 22.9 Å². The van der Waals surface area contributed by atoms with E-state index in [1.54, 1.807) is 0 Å². The summed E-state index contributed by atoms with van der Waals surface area (Å²) in [5.41, 5.74) is 6.87. The van der Waals surface area contributed by atoms with E-state index < -0.39 is 0 Å². The number of para-hydroxylation sites is 2. The number of hydrogen-bond acceptors (Lipinski definition) is 3. The van der Waals surface area contributed by atoms with Crippen molar-refractivity contribution in [3.8, 4) is 5.75 Å². The molecule has 0 saturated carbocycles. The zero-order chi connectivity index (χ0) is 13.0. The minimum Gasteiger partial charge on any atom is -0.491 e. The van der Waals surface area contributed by atoms with E-state index in [1.807, 2.05) is 18.2 Å². The number of rotatable bonds is 4. The van der Waals surface area contributed by atoms with Crippen molar-refractivity contribution in [2.45, 2.75) is 32.2 Å². The molecule has 0 aromatic heterocycles. The van der Waals surface area contributed by atoms with Crippen LogP contribution >= 0.6 is 12.2 Å². The van der Waals surface area contributed by atoms with Crippen LogP contribution in [0.25, 0.3) is 0 Å². The number of ether oxygens (including phenoxy) is 1. The van der Waals surface area contributed by atoms with Crippen LogP contribution in [0.4, 0.5) is 5.69 Å². The number of nitrogens with zero attached hydrogens (tertiary/aromatic N) is 1. The average Bonchev–Trinajstić information content (AvgIpc) is 2.58. The summed E-state index contributed by atoms with van der Waals surface area (Å²) in [6.45, 7) is 3.95. The fourth-order valence-corrected chi connectivity index (χ4v) is 2.63. The van der Waals surface area contributed by atoms with Gasteiger partial charge in [-0.15, -0.1) is 0 Å². The van der Waals surface area contributed by atoms with Crippen LogP contribution in [0.1, 0.15) is 26.2 Å². The molecular formula is C14H20N2OS. The lowest BCUT2D eigenvalue weighted by Gasteiger charge is -2.32. The third-order valence-electron chi connectivity index (χ3n) is 3.32. The summed E-state index contributed by atoms with van der Waals surface area (Å²) in [6.07, 6.45) is 2.83. The highest BCUT2D eigenvalue weighted by Crippen LogP contribution is 2.33. The normalized spacial score (nSPS) is 16.4. The molecule has 1 heterocycles. The molecule has 0 saturated heterocycles. The van der Waals surface area contributed by atoms with Crippen molar-refractivity contribution in [3.05, 3.63) is 24.3 Å². The van der Waals surface area contributed by atoms with E-state index in [4.69, 9.17) is 22.7 Å². The van der Waals surface area contributed by atoms with Crippen LogP contribution in [0.15, 0.2) is 24.3 Å². The summed E-state index contributed by atoms with van der Waals surface area (Å²) in [4.78, 5) is 2.98. The summed E-state index contributed by atoms with van der Waals surface area (Å²) in [5, 5.41) is 0. The Morgan fingerprint density at radius 3 is 3.00 bits per heavy atom. The first kappa shape index (κ1) is 13.1. The number of hydrogen-bond donors (Lipinski definition) is 1. The molecule has 0 spiro atoms. The second-order valence-corrected chi connectivity index (χ2v) is 5.12. The number of thiocarbonyl (C=S) groups is 1. The third kappa shape index (κ3) is 2.93. The van der Waals surface area contributed by atoms with Crippen LogP contribution in [0.3, 0.4) is 0 Å². The van der Waals surface area contributed by atoms with Gasteiger partial charge in [-0.1, -0.05) is 31.3 Å². The number of anilines is 1. The molecular weight excluding hydrogens is 244 g/mol. The molecule has 0 amide bonds. The van der Waals surface area contributed by atoms with Crippen LogP contribution < -0.4 is 15.4 Å². The number of nitrogens with two attached hydrogens (primary N) is 1. The summed E-state index contributed by atoms with van der Waals surface area (Å²) in [6, 6.07) is 8.57. The van der Waals surface area contributed by atoms with Crippen molar-refractivity contribution in [1.82, 2.24) is 0 Å². The average molecular weight is 264 g/mol. The van der Waals surface area contributed by atoms with Gasteiger partial charge in [-0.3, -0.25) is 0 Å². The first-order valence-electron chi connectivity index (χ1n) is 6.49. The molecule has 1 unspecified atom stereocenters. The van der Waals surface area contributed by atoms with Crippen LogP contribution in [-0.4, -0.2) is 24.2 Å². The monoisotopic (exact) mass is 264 g/mol. The SMILES string of the molecule is CCC(CC(N)=S)N1CCCOc2ccccc21. The highest BCUT2D eigenvalue weighted by Gasteiger charge is 2.22. The van der Waals surface area contributed by atoms with E-state index in [0.29, 0.717) is 11.0 Å². The summed E-state index contributed by atoms with van der Waals surface area (Å²) < 4.78 is 5.77. The standard InChI is InChI=1S/C14H20N2OS/c1-2-11(10-14(15)18)16-8-5-9-17-13-7-4-3-6-12(13)16/h3-4,6-7,11H,2,5,8-10H2,1H3,(H2,15,18). The van der Waals surface area contributed by atoms with E-state index >= 15 is 0 Å². The Bertz CT molecular complexity index is 422.